The molecular formula is C25H27N7O2. The zero-order valence-electron chi connectivity index (χ0n) is 19.3. The summed E-state index contributed by atoms with van der Waals surface area (Å²) in [6.45, 7) is 6.93. The topological polar surface area (TPSA) is 98.9 Å². The number of benzene rings is 1. The average molecular weight is 458 g/mol. The molecule has 3 aromatic heterocycles. The Hall–Kier alpha value is -3.72. The molecule has 0 saturated carbocycles. The van der Waals surface area contributed by atoms with Crippen molar-refractivity contribution in [2.24, 2.45) is 0 Å². The summed E-state index contributed by atoms with van der Waals surface area (Å²) >= 11 is 0. The zero-order valence-corrected chi connectivity index (χ0v) is 19.3. The van der Waals surface area contributed by atoms with Crippen molar-refractivity contribution in [3.05, 3.63) is 59.8 Å². The van der Waals surface area contributed by atoms with Crippen LogP contribution in [0.2, 0.25) is 0 Å². The minimum Gasteiger partial charge on any atom is -0.439 e. The summed E-state index contributed by atoms with van der Waals surface area (Å²) in [6.07, 6.45) is 6.34. The fraction of sp³-hybridized carbons (Fsp3) is 0.360. The number of ether oxygens (including phenoxy) is 1. The molecule has 0 aliphatic carbocycles. The van der Waals surface area contributed by atoms with Crippen LogP contribution in [0, 0.1) is 0 Å². The van der Waals surface area contributed by atoms with E-state index in [0.29, 0.717) is 24.0 Å². The average Bonchev–Trinajstić information content (AvgIpc) is 3.43. The fourth-order valence-electron chi connectivity index (χ4n) is 4.85. The lowest BCUT2D eigenvalue weighted by molar-refractivity contribution is 0.254. The lowest BCUT2D eigenvalue weighted by Gasteiger charge is -2.14. The molecule has 0 radical (unpaired) electrons. The third-order valence-electron chi connectivity index (χ3n) is 6.82. The van der Waals surface area contributed by atoms with Crippen molar-refractivity contribution < 1.29 is 9.53 Å². The smallest absolute Gasteiger partial charge is 0.331 e. The second-order valence-electron chi connectivity index (χ2n) is 9.59. The van der Waals surface area contributed by atoms with Crippen molar-refractivity contribution in [3.63, 3.8) is 0 Å². The van der Waals surface area contributed by atoms with Crippen molar-refractivity contribution in [2.75, 3.05) is 11.9 Å². The first kappa shape index (κ1) is 20.9. The molecule has 9 nitrogen and oxygen atoms in total. The molecule has 34 heavy (non-hydrogen) atoms. The largest absolute Gasteiger partial charge is 0.439 e. The van der Waals surface area contributed by atoms with E-state index in [1.54, 1.807) is 17.1 Å². The maximum Gasteiger partial charge on any atom is 0.331 e. The molecule has 1 amide bonds. The number of hydrogen-bond donors (Lipinski definition) is 2. The number of rotatable bonds is 3. The van der Waals surface area contributed by atoms with Gasteiger partial charge in [0.15, 0.2) is 5.82 Å². The molecule has 2 N–H and O–H groups in total. The van der Waals surface area contributed by atoms with E-state index < -0.39 is 0 Å². The van der Waals surface area contributed by atoms with Crippen LogP contribution >= 0.6 is 0 Å². The summed E-state index contributed by atoms with van der Waals surface area (Å²) in [5.74, 6) is 1.82. The van der Waals surface area contributed by atoms with E-state index >= 15 is 0 Å². The van der Waals surface area contributed by atoms with Gasteiger partial charge in [0.1, 0.15) is 12.1 Å². The molecule has 0 bridgehead atoms. The van der Waals surface area contributed by atoms with Crippen LogP contribution in [0.15, 0.2) is 42.9 Å². The number of anilines is 1. The highest BCUT2D eigenvalue weighted by atomic mass is 16.5. The van der Waals surface area contributed by atoms with Gasteiger partial charge < -0.3 is 10.1 Å². The Morgan fingerprint density at radius 2 is 2.12 bits per heavy atom. The van der Waals surface area contributed by atoms with E-state index in [1.165, 1.54) is 0 Å². The quantitative estimate of drug-likeness (QED) is 0.478. The number of aryl methyl sites for hydroxylation is 2. The first-order valence-corrected chi connectivity index (χ1v) is 11.7. The van der Waals surface area contributed by atoms with Crippen LogP contribution < -0.4 is 15.4 Å². The van der Waals surface area contributed by atoms with Gasteiger partial charge in [0.25, 0.3) is 0 Å². The summed E-state index contributed by atoms with van der Waals surface area (Å²) in [5.41, 5.74) is 4.06. The summed E-state index contributed by atoms with van der Waals surface area (Å²) in [5, 5.41) is 11.8. The Morgan fingerprint density at radius 3 is 3.00 bits per heavy atom. The van der Waals surface area contributed by atoms with Gasteiger partial charge in [-0.1, -0.05) is 13.8 Å². The standard InChI is InChI=1S/C25H27N7O2/c1-25(2)8-11-32-21(25)13-22(30-32)29-24(33)31-10-7-16-12-17(5-6-20(16)31)34-23-18-14-26-9-3-4-19(18)27-15-28-23/h5-7,10,12-13,15,26H,3-4,8-9,11,14H2,1-2H3,(H,29,30,33). The number of hydrogen-bond acceptors (Lipinski definition) is 6. The van der Waals surface area contributed by atoms with Gasteiger partial charge in [-0.25, -0.2) is 14.8 Å². The van der Waals surface area contributed by atoms with Gasteiger partial charge in [-0.3, -0.25) is 14.6 Å². The second kappa shape index (κ2) is 7.95. The van der Waals surface area contributed by atoms with Gasteiger partial charge in [-0.05, 0) is 50.1 Å². The minimum absolute atomic E-state index is 0.0740. The van der Waals surface area contributed by atoms with Crippen LogP contribution in [0.25, 0.3) is 10.9 Å². The highest BCUT2D eigenvalue weighted by Gasteiger charge is 2.32. The molecule has 0 spiro atoms. The molecule has 0 atom stereocenters. The predicted molar refractivity (Wildman–Crippen MR) is 128 cm³/mol. The maximum atomic E-state index is 13.0. The van der Waals surface area contributed by atoms with E-state index in [-0.39, 0.29) is 11.4 Å². The monoisotopic (exact) mass is 457 g/mol. The van der Waals surface area contributed by atoms with Crippen LogP contribution in [0.1, 0.15) is 43.6 Å². The highest BCUT2D eigenvalue weighted by Crippen LogP contribution is 2.35. The number of amides is 1. The van der Waals surface area contributed by atoms with E-state index in [1.807, 2.05) is 35.0 Å². The van der Waals surface area contributed by atoms with Crippen molar-refractivity contribution in [1.82, 2.24) is 29.6 Å². The maximum absolute atomic E-state index is 13.0. The Kier molecular flexibility index (Phi) is 4.88. The SMILES string of the molecule is CC1(C)CCn2nc(NC(=O)n3ccc4cc(Oc5ncnc6c5CNCCC6)ccc43)cc21. The number of carbonyl (C=O) groups excluding carboxylic acids is 1. The minimum atomic E-state index is -0.245. The molecule has 5 heterocycles. The molecule has 0 fully saturated rings. The zero-order chi connectivity index (χ0) is 23.3. The predicted octanol–water partition coefficient (Wildman–Crippen LogP) is 4.22. The molecule has 2 aliphatic heterocycles. The summed E-state index contributed by atoms with van der Waals surface area (Å²) in [7, 11) is 0. The Morgan fingerprint density at radius 1 is 1.21 bits per heavy atom. The number of carbonyl (C=O) groups is 1. The molecule has 0 saturated heterocycles. The molecule has 9 heteroatoms. The number of aromatic nitrogens is 5. The third kappa shape index (κ3) is 3.62. The Balaban J connectivity index is 1.23. The fourth-order valence-corrected chi connectivity index (χ4v) is 4.85. The first-order valence-electron chi connectivity index (χ1n) is 11.7. The lowest BCUT2D eigenvalue weighted by atomic mass is 9.89. The molecule has 174 valence electrons. The van der Waals surface area contributed by atoms with Gasteiger partial charge in [0.2, 0.25) is 5.88 Å². The van der Waals surface area contributed by atoms with Gasteiger partial charge in [0.05, 0.1) is 16.8 Å². The van der Waals surface area contributed by atoms with Crippen LogP contribution in [0.5, 0.6) is 11.6 Å². The first-order chi connectivity index (χ1) is 16.5. The second-order valence-corrected chi connectivity index (χ2v) is 9.59. The third-order valence-corrected chi connectivity index (χ3v) is 6.82. The van der Waals surface area contributed by atoms with Crippen LogP contribution in [-0.4, -0.2) is 36.9 Å². The van der Waals surface area contributed by atoms with E-state index in [4.69, 9.17) is 4.74 Å². The van der Waals surface area contributed by atoms with Crippen molar-refractivity contribution in [2.45, 2.75) is 51.6 Å². The van der Waals surface area contributed by atoms with Gasteiger partial charge >= 0.3 is 6.03 Å². The van der Waals surface area contributed by atoms with Crippen molar-refractivity contribution >= 4 is 22.8 Å². The molecule has 4 aromatic rings. The van der Waals surface area contributed by atoms with E-state index in [2.05, 4.69) is 39.5 Å². The van der Waals surface area contributed by atoms with Gasteiger partial charge in [-0.15, -0.1) is 0 Å². The van der Waals surface area contributed by atoms with Crippen LogP contribution in [0.3, 0.4) is 0 Å². The summed E-state index contributed by atoms with van der Waals surface area (Å²) < 4.78 is 9.72. The van der Waals surface area contributed by atoms with Crippen molar-refractivity contribution in [3.8, 4) is 11.6 Å². The number of nitrogens with zero attached hydrogens (tertiary/aromatic N) is 5. The van der Waals surface area contributed by atoms with Gasteiger partial charge in [0, 0.05) is 41.8 Å². The Bertz CT molecular complexity index is 1400. The molecule has 6 rings (SSSR count). The molecule has 2 aliphatic rings. The van der Waals surface area contributed by atoms with E-state index in [9.17, 15) is 4.79 Å². The number of nitrogens with one attached hydrogen (secondary N) is 2. The molecule has 0 unspecified atom stereocenters. The number of fused-ring (bicyclic) bond motifs is 3. The normalized spacial score (nSPS) is 16.6. The van der Waals surface area contributed by atoms with Crippen LogP contribution in [-0.2, 0) is 24.9 Å². The van der Waals surface area contributed by atoms with Crippen LogP contribution in [0.4, 0.5) is 10.6 Å². The summed E-state index contributed by atoms with van der Waals surface area (Å²) in [6, 6.07) is 9.30. The molecular weight excluding hydrogens is 430 g/mol. The Labute approximate surface area is 197 Å². The van der Waals surface area contributed by atoms with Crippen molar-refractivity contribution in [1.29, 1.82) is 0 Å². The summed E-state index contributed by atoms with van der Waals surface area (Å²) in [4.78, 5) is 21.8. The lowest BCUT2D eigenvalue weighted by Crippen LogP contribution is -2.19. The van der Waals surface area contributed by atoms with Gasteiger partial charge in [-0.2, -0.15) is 5.10 Å². The molecule has 1 aromatic carbocycles. The van der Waals surface area contributed by atoms with E-state index in [0.717, 1.165) is 60.2 Å². The highest BCUT2D eigenvalue weighted by molar-refractivity contribution is 5.98.